The molecular formula is C19H19ClN2O3. The number of carbonyl (C=O) groups is 2. The molecule has 1 aliphatic heterocycles. The van der Waals surface area contributed by atoms with Crippen LogP contribution >= 0.6 is 11.6 Å². The molecule has 5 nitrogen and oxygen atoms in total. The van der Waals surface area contributed by atoms with Gasteiger partial charge in [-0.3, -0.25) is 9.59 Å². The van der Waals surface area contributed by atoms with Crippen molar-refractivity contribution in [3.05, 3.63) is 53.1 Å². The minimum atomic E-state index is -0.420. The summed E-state index contributed by atoms with van der Waals surface area (Å²) in [4.78, 5) is 26.6. The van der Waals surface area contributed by atoms with Crippen LogP contribution in [0.15, 0.2) is 42.5 Å². The minimum Gasteiger partial charge on any atom is -0.495 e. The van der Waals surface area contributed by atoms with Crippen LogP contribution in [0.2, 0.25) is 5.02 Å². The summed E-state index contributed by atoms with van der Waals surface area (Å²) in [6.07, 6.45) is 0.183. The summed E-state index contributed by atoms with van der Waals surface area (Å²) in [5, 5.41) is 3.32. The van der Waals surface area contributed by atoms with Crippen LogP contribution in [0.3, 0.4) is 0 Å². The zero-order chi connectivity index (χ0) is 18.0. The van der Waals surface area contributed by atoms with Crippen LogP contribution in [0.25, 0.3) is 0 Å². The number of nitrogens with one attached hydrogen (secondary N) is 1. The number of benzene rings is 2. The molecule has 1 N–H and O–H groups in total. The number of methoxy groups -OCH3 is 1. The standard InChI is InChI=1S/C19H19ClN2O3/c1-12-4-3-5-15(8-12)22-11-13(9-18(22)23)19(24)21-16-10-14(20)6-7-17(16)25-2/h3-8,10,13H,9,11H2,1-2H3,(H,21,24). The van der Waals surface area contributed by atoms with Crippen molar-refractivity contribution in [2.45, 2.75) is 13.3 Å². The van der Waals surface area contributed by atoms with Gasteiger partial charge >= 0.3 is 0 Å². The number of anilines is 2. The Kier molecular flexibility index (Phi) is 4.95. The Balaban J connectivity index is 1.74. The second kappa shape index (κ2) is 7.15. The van der Waals surface area contributed by atoms with Gasteiger partial charge in [0.2, 0.25) is 11.8 Å². The summed E-state index contributed by atoms with van der Waals surface area (Å²) in [6.45, 7) is 2.33. The maximum Gasteiger partial charge on any atom is 0.229 e. The van der Waals surface area contributed by atoms with Gasteiger partial charge in [-0.25, -0.2) is 0 Å². The van der Waals surface area contributed by atoms with Crippen LogP contribution < -0.4 is 15.0 Å². The van der Waals surface area contributed by atoms with E-state index in [9.17, 15) is 9.59 Å². The molecule has 1 atom stereocenters. The van der Waals surface area contributed by atoms with Crippen molar-refractivity contribution in [1.29, 1.82) is 0 Å². The monoisotopic (exact) mass is 358 g/mol. The van der Waals surface area contributed by atoms with E-state index >= 15 is 0 Å². The van der Waals surface area contributed by atoms with E-state index < -0.39 is 5.92 Å². The van der Waals surface area contributed by atoms with Crippen LogP contribution in [-0.2, 0) is 9.59 Å². The molecule has 1 heterocycles. The molecule has 130 valence electrons. The van der Waals surface area contributed by atoms with Gasteiger partial charge in [-0.1, -0.05) is 23.7 Å². The summed E-state index contributed by atoms with van der Waals surface area (Å²) in [5.41, 5.74) is 2.39. The van der Waals surface area contributed by atoms with Crippen molar-refractivity contribution in [1.82, 2.24) is 0 Å². The van der Waals surface area contributed by atoms with Gasteiger partial charge < -0.3 is 15.0 Å². The SMILES string of the molecule is COc1ccc(Cl)cc1NC(=O)C1CC(=O)N(c2cccc(C)c2)C1. The van der Waals surface area contributed by atoms with Gasteiger partial charge in [-0.2, -0.15) is 0 Å². The van der Waals surface area contributed by atoms with Crippen LogP contribution in [0, 0.1) is 12.8 Å². The molecule has 1 fully saturated rings. The van der Waals surface area contributed by atoms with Crippen LogP contribution in [0.4, 0.5) is 11.4 Å². The quantitative estimate of drug-likeness (QED) is 0.907. The van der Waals surface area contributed by atoms with Gasteiger partial charge in [0.25, 0.3) is 0 Å². The number of ether oxygens (including phenoxy) is 1. The Morgan fingerprint density at radius 1 is 1.28 bits per heavy atom. The van der Waals surface area contributed by atoms with E-state index in [4.69, 9.17) is 16.3 Å². The molecule has 0 aliphatic carbocycles. The molecule has 0 aromatic heterocycles. The van der Waals surface area contributed by atoms with E-state index in [1.807, 2.05) is 31.2 Å². The fraction of sp³-hybridized carbons (Fsp3) is 0.263. The lowest BCUT2D eigenvalue weighted by Crippen LogP contribution is -2.28. The summed E-state index contributed by atoms with van der Waals surface area (Å²) < 4.78 is 5.24. The largest absolute Gasteiger partial charge is 0.495 e. The second-order valence-corrected chi connectivity index (χ2v) is 6.51. The molecule has 2 aromatic carbocycles. The molecule has 1 unspecified atom stereocenters. The molecule has 0 radical (unpaired) electrons. The van der Waals surface area contributed by atoms with Gasteiger partial charge in [0.05, 0.1) is 18.7 Å². The molecule has 1 saturated heterocycles. The van der Waals surface area contributed by atoms with E-state index in [1.54, 1.807) is 23.1 Å². The first kappa shape index (κ1) is 17.3. The summed E-state index contributed by atoms with van der Waals surface area (Å²) >= 11 is 5.99. The third kappa shape index (κ3) is 3.77. The molecular weight excluding hydrogens is 340 g/mol. The minimum absolute atomic E-state index is 0.0520. The Hall–Kier alpha value is -2.53. The average Bonchev–Trinajstić information content (AvgIpc) is 2.97. The number of carbonyl (C=O) groups excluding carboxylic acids is 2. The summed E-state index contributed by atoms with van der Waals surface area (Å²) in [6, 6.07) is 12.7. The maximum absolute atomic E-state index is 12.6. The lowest BCUT2D eigenvalue weighted by molar-refractivity contribution is -0.122. The average molecular weight is 359 g/mol. The molecule has 0 spiro atoms. The lowest BCUT2D eigenvalue weighted by atomic mass is 10.1. The van der Waals surface area contributed by atoms with E-state index in [0.29, 0.717) is 23.0 Å². The van der Waals surface area contributed by atoms with E-state index in [0.717, 1.165) is 11.3 Å². The third-order valence-electron chi connectivity index (χ3n) is 4.23. The number of amides is 2. The molecule has 2 amide bonds. The van der Waals surface area contributed by atoms with Gasteiger partial charge in [-0.05, 0) is 42.8 Å². The zero-order valence-corrected chi connectivity index (χ0v) is 14.8. The molecule has 0 bridgehead atoms. The molecule has 25 heavy (non-hydrogen) atoms. The Morgan fingerprint density at radius 3 is 2.80 bits per heavy atom. The topological polar surface area (TPSA) is 58.6 Å². The molecule has 1 aliphatic rings. The third-order valence-corrected chi connectivity index (χ3v) is 4.46. The predicted molar refractivity (Wildman–Crippen MR) is 98.3 cm³/mol. The van der Waals surface area contributed by atoms with Gasteiger partial charge in [0, 0.05) is 23.7 Å². The van der Waals surface area contributed by atoms with Crippen molar-refractivity contribution in [3.63, 3.8) is 0 Å². The Morgan fingerprint density at radius 2 is 2.08 bits per heavy atom. The van der Waals surface area contributed by atoms with Crippen LogP contribution in [-0.4, -0.2) is 25.5 Å². The highest BCUT2D eigenvalue weighted by Crippen LogP contribution is 2.30. The zero-order valence-electron chi connectivity index (χ0n) is 14.1. The van der Waals surface area contributed by atoms with Crippen molar-refractivity contribution in [2.75, 3.05) is 23.9 Å². The first-order valence-electron chi connectivity index (χ1n) is 7.99. The van der Waals surface area contributed by atoms with Gasteiger partial charge in [0.1, 0.15) is 5.75 Å². The first-order valence-corrected chi connectivity index (χ1v) is 8.37. The number of rotatable bonds is 4. The summed E-state index contributed by atoms with van der Waals surface area (Å²) in [7, 11) is 1.53. The van der Waals surface area contributed by atoms with Crippen LogP contribution in [0.1, 0.15) is 12.0 Å². The number of aryl methyl sites for hydroxylation is 1. The number of hydrogen-bond acceptors (Lipinski definition) is 3. The van der Waals surface area contributed by atoms with Gasteiger partial charge in [-0.15, -0.1) is 0 Å². The van der Waals surface area contributed by atoms with Gasteiger partial charge in [0.15, 0.2) is 0 Å². The van der Waals surface area contributed by atoms with E-state index in [-0.39, 0.29) is 18.2 Å². The number of halogens is 1. The van der Waals surface area contributed by atoms with Crippen molar-refractivity contribution < 1.29 is 14.3 Å². The lowest BCUT2D eigenvalue weighted by Gasteiger charge is -2.17. The molecule has 2 aromatic rings. The smallest absolute Gasteiger partial charge is 0.229 e. The second-order valence-electron chi connectivity index (χ2n) is 6.08. The van der Waals surface area contributed by atoms with E-state index in [2.05, 4.69) is 5.32 Å². The molecule has 6 heteroatoms. The fourth-order valence-corrected chi connectivity index (χ4v) is 3.11. The van der Waals surface area contributed by atoms with E-state index in [1.165, 1.54) is 7.11 Å². The maximum atomic E-state index is 12.6. The molecule has 0 saturated carbocycles. The highest BCUT2D eigenvalue weighted by atomic mass is 35.5. The predicted octanol–water partition coefficient (Wildman–Crippen LogP) is 3.65. The number of hydrogen-bond donors (Lipinski definition) is 1. The Labute approximate surface area is 151 Å². The Bertz CT molecular complexity index is 822. The first-order chi connectivity index (χ1) is 12.0. The number of nitrogens with zero attached hydrogens (tertiary/aromatic N) is 1. The van der Waals surface area contributed by atoms with Crippen LogP contribution in [0.5, 0.6) is 5.75 Å². The van der Waals surface area contributed by atoms with Crippen molar-refractivity contribution >= 4 is 34.8 Å². The highest BCUT2D eigenvalue weighted by Gasteiger charge is 2.35. The summed E-state index contributed by atoms with van der Waals surface area (Å²) in [5.74, 6) is -0.165. The van der Waals surface area contributed by atoms with Crippen molar-refractivity contribution in [3.8, 4) is 5.75 Å². The fourth-order valence-electron chi connectivity index (χ4n) is 2.94. The molecule has 3 rings (SSSR count). The normalized spacial score (nSPS) is 16.8. The van der Waals surface area contributed by atoms with Crippen molar-refractivity contribution in [2.24, 2.45) is 5.92 Å². The highest BCUT2D eigenvalue weighted by molar-refractivity contribution is 6.31.